The molecule has 2 aromatic rings. The number of anilines is 1. The van der Waals surface area contributed by atoms with Gasteiger partial charge in [0.1, 0.15) is 5.54 Å². The molecule has 1 atom stereocenters. The third-order valence-corrected chi connectivity index (χ3v) is 3.96. The molecule has 0 saturated heterocycles. The van der Waals surface area contributed by atoms with Gasteiger partial charge in [0.2, 0.25) is 0 Å². The molecule has 0 fully saturated rings. The van der Waals surface area contributed by atoms with Crippen LogP contribution in [-0.4, -0.2) is 12.8 Å². The Labute approximate surface area is 107 Å². The Morgan fingerprint density at radius 2 is 1.56 bits per heavy atom. The molecule has 1 heterocycles. The monoisotopic (exact) mass is 237 g/mol. The molecule has 90 valence electrons. The van der Waals surface area contributed by atoms with Crippen molar-refractivity contribution in [2.75, 3.05) is 11.9 Å². The van der Waals surface area contributed by atoms with Crippen molar-refractivity contribution < 1.29 is 4.79 Å². The number of carbonyl (C=O) groups excluding carboxylic acids is 1. The van der Waals surface area contributed by atoms with Crippen molar-refractivity contribution in [2.24, 2.45) is 0 Å². The highest BCUT2D eigenvalue weighted by Crippen LogP contribution is 2.43. The van der Waals surface area contributed by atoms with Crippen LogP contribution in [0.3, 0.4) is 0 Å². The van der Waals surface area contributed by atoms with Gasteiger partial charge in [-0.05, 0) is 24.6 Å². The number of nitrogens with zero attached hydrogens (tertiary/aromatic N) is 1. The number of rotatable bonds is 1. The maximum Gasteiger partial charge on any atom is 0.194 e. The first-order chi connectivity index (χ1) is 8.65. The number of ketones is 1. The molecule has 2 heteroatoms. The fourth-order valence-electron chi connectivity index (χ4n) is 2.70. The van der Waals surface area contributed by atoms with Gasteiger partial charge in [0.05, 0.1) is 0 Å². The Balaban J connectivity index is 2.20. The van der Waals surface area contributed by atoms with E-state index in [1.165, 1.54) is 0 Å². The molecule has 1 aliphatic heterocycles. The molecular weight excluding hydrogens is 222 g/mol. The van der Waals surface area contributed by atoms with Crippen molar-refractivity contribution in [3.05, 3.63) is 65.7 Å². The van der Waals surface area contributed by atoms with Crippen molar-refractivity contribution in [3.63, 3.8) is 0 Å². The number of likely N-dealkylation sites (N-methyl/N-ethyl adjacent to an activating group) is 1. The predicted molar refractivity (Wildman–Crippen MR) is 73.0 cm³/mol. The lowest BCUT2D eigenvalue weighted by Gasteiger charge is -2.33. The summed E-state index contributed by atoms with van der Waals surface area (Å²) in [6.45, 7) is 1.99. The van der Waals surface area contributed by atoms with Crippen molar-refractivity contribution in [1.29, 1.82) is 0 Å². The highest BCUT2D eigenvalue weighted by atomic mass is 16.1. The van der Waals surface area contributed by atoms with E-state index in [1.54, 1.807) is 0 Å². The first-order valence-electron chi connectivity index (χ1n) is 6.09. The summed E-state index contributed by atoms with van der Waals surface area (Å²) in [5.41, 5.74) is 2.26. The summed E-state index contributed by atoms with van der Waals surface area (Å²) < 4.78 is 0. The van der Waals surface area contributed by atoms with Gasteiger partial charge in [0.25, 0.3) is 0 Å². The molecule has 2 nitrogen and oxygen atoms in total. The molecule has 0 amide bonds. The average Bonchev–Trinajstić information content (AvgIpc) is 2.64. The van der Waals surface area contributed by atoms with Gasteiger partial charge in [-0.3, -0.25) is 4.79 Å². The van der Waals surface area contributed by atoms with Gasteiger partial charge in [0.15, 0.2) is 5.78 Å². The van der Waals surface area contributed by atoms with Crippen molar-refractivity contribution in [1.82, 2.24) is 0 Å². The first-order valence-corrected chi connectivity index (χ1v) is 6.09. The zero-order valence-electron chi connectivity index (χ0n) is 10.6. The zero-order valence-corrected chi connectivity index (χ0v) is 10.6. The Kier molecular flexibility index (Phi) is 2.27. The molecule has 0 aromatic heterocycles. The van der Waals surface area contributed by atoms with E-state index in [1.807, 2.05) is 68.6 Å². The van der Waals surface area contributed by atoms with Crippen molar-refractivity contribution >= 4 is 11.5 Å². The SMILES string of the molecule is CN1c2ccccc2C(=O)C1(C)c1ccccc1. The van der Waals surface area contributed by atoms with E-state index in [2.05, 4.69) is 4.90 Å². The fourth-order valence-corrected chi connectivity index (χ4v) is 2.70. The number of benzene rings is 2. The summed E-state index contributed by atoms with van der Waals surface area (Å²) in [7, 11) is 1.98. The van der Waals surface area contributed by atoms with Gasteiger partial charge in [-0.25, -0.2) is 0 Å². The van der Waals surface area contributed by atoms with Gasteiger partial charge < -0.3 is 4.90 Å². The van der Waals surface area contributed by atoms with E-state index in [0.717, 1.165) is 16.8 Å². The van der Waals surface area contributed by atoms with Crippen LogP contribution in [0.2, 0.25) is 0 Å². The third kappa shape index (κ3) is 1.26. The van der Waals surface area contributed by atoms with E-state index in [-0.39, 0.29) is 5.78 Å². The van der Waals surface area contributed by atoms with Crippen LogP contribution in [0.5, 0.6) is 0 Å². The quantitative estimate of drug-likeness (QED) is 0.759. The normalized spacial score (nSPS) is 22.1. The summed E-state index contributed by atoms with van der Waals surface area (Å²) in [5, 5.41) is 0. The molecule has 1 unspecified atom stereocenters. The lowest BCUT2D eigenvalue weighted by Crippen LogP contribution is -2.42. The molecule has 2 aromatic carbocycles. The molecule has 1 aliphatic rings. The second-order valence-corrected chi connectivity index (χ2v) is 4.84. The standard InChI is InChI=1S/C16H15NO/c1-16(12-8-4-3-5-9-12)15(18)13-10-6-7-11-14(13)17(16)2/h3-11H,1-2H3. The minimum absolute atomic E-state index is 0.173. The topological polar surface area (TPSA) is 20.3 Å². The van der Waals surface area contributed by atoms with Crippen LogP contribution < -0.4 is 4.90 Å². The number of hydrogen-bond donors (Lipinski definition) is 0. The second-order valence-electron chi connectivity index (χ2n) is 4.84. The molecule has 18 heavy (non-hydrogen) atoms. The second kappa shape index (κ2) is 3.70. The van der Waals surface area contributed by atoms with Crippen LogP contribution >= 0.6 is 0 Å². The molecule has 0 spiro atoms. The van der Waals surface area contributed by atoms with Crippen LogP contribution in [0.1, 0.15) is 22.8 Å². The number of para-hydroxylation sites is 1. The van der Waals surface area contributed by atoms with Gasteiger partial charge in [-0.1, -0.05) is 42.5 Å². The van der Waals surface area contributed by atoms with E-state index < -0.39 is 5.54 Å². The van der Waals surface area contributed by atoms with Crippen LogP contribution in [0.4, 0.5) is 5.69 Å². The number of carbonyl (C=O) groups is 1. The maximum atomic E-state index is 12.7. The van der Waals surface area contributed by atoms with Gasteiger partial charge in [0, 0.05) is 18.3 Å². The average molecular weight is 237 g/mol. The van der Waals surface area contributed by atoms with E-state index in [0.29, 0.717) is 0 Å². The first kappa shape index (κ1) is 11.0. The maximum absolute atomic E-state index is 12.7. The van der Waals surface area contributed by atoms with E-state index in [9.17, 15) is 4.79 Å². The largest absolute Gasteiger partial charge is 0.357 e. The summed E-state index contributed by atoms with van der Waals surface area (Å²) in [6, 6.07) is 17.7. The minimum atomic E-state index is -0.592. The molecule has 0 aliphatic carbocycles. The molecule has 0 N–H and O–H groups in total. The summed E-state index contributed by atoms with van der Waals surface area (Å²) >= 11 is 0. The Bertz CT molecular complexity index is 606. The number of fused-ring (bicyclic) bond motifs is 1. The van der Waals surface area contributed by atoms with Crippen molar-refractivity contribution in [2.45, 2.75) is 12.5 Å². The smallest absolute Gasteiger partial charge is 0.194 e. The fraction of sp³-hybridized carbons (Fsp3) is 0.188. The Morgan fingerprint density at radius 1 is 0.944 bits per heavy atom. The number of Topliss-reactive ketones (excluding diaryl/α,β-unsaturated/α-hetero) is 1. The Hall–Kier alpha value is -2.09. The summed E-state index contributed by atoms with van der Waals surface area (Å²) in [5.74, 6) is 0.173. The van der Waals surface area contributed by atoms with Gasteiger partial charge in [-0.15, -0.1) is 0 Å². The molecule has 0 bridgehead atoms. The van der Waals surface area contributed by atoms with Crippen LogP contribution in [0.25, 0.3) is 0 Å². The molecule has 0 saturated carbocycles. The summed E-state index contributed by atoms with van der Waals surface area (Å²) in [6.07, 6.45) is 0. The van der Waals surface area contributed by atoms with Crippen molar-refractivity contribution in [3.8, 4) is 0 Å². The highest BCUT2D eigenvalue weighted by Gasteiger charge is 2.46. The van der Waals surface area contributed by atoms with Crippen LogP contribution in [-0.2, 0) is 5.54 Å². The molecule has 0 radical (unpaired) electrons. The molecular formula is C16H15NO. The number of hydrogen-bond acceptors (Lipinski definition) is 2. The predicted octanol–water partition coefficient (Wildman–Crippen LogP) is 3.23. The highest BCUT2D eigenvalue weighted by molar-refractivity contribution is 6.13. The lowest BCUT2D eigenvalue weighted by molar-refractivity contribution is 0.0914. The van der Waals surface area contributed by atoms with E-state index in [4.69, 9.17) is 0 Å². The van der Waals surface area contributed by atoms with Crippen LogP contribution in [0, 0.1) is 0 Å². The van der Waals surface area contributed by atoms with Gasteiger partial charge in [-0.2, -0.15) is 0 Å². The minimum Gasteiger partial charge on any atom is -0.357 e. The third-order valence-electron chi connectivity index (χ3n) is 3.96. The lowest BCUT2D eigenvalue weighted by atomic mass is 9.87. The van der Waals surface area contributed by atoms with Crippen LogP contribution in [0.15, 0.2) is 54.6 Å². The molecule has 3 rings (SSSR count). The Morgan fingerprint density at radius 3 is 2.22 bits per heavy atom. The summed E-state index contributed by atoms with van der Waals surface area (Å²) in [4.78, 5) is 14.8. The van der Waals surface area contributed by atoms with E-state index >= 15 is 0 Å². The zero-order chi connectivity index (χ0) is 12.8. The van der Waals surface area contributed by atoms with Gasteiger partial charge >= 0.3 is 0 Å².